The molecule has 0 radical (unpaired) electrons. The maximum atomic E-state index is 11.6. The molecule has 0 bridgehead atoms. The lowest BCUT2D eigenvalue weighted by Gasteiger charge is -2.17. The van der Waals surface area contributed by atoms with Gasteiger partial charge < -0.3 is 9.47 Å². The second kappa shape index (κ2) is 7.61. The molecule has 0 aromatic rings. The zero-order valence-electron chi connectivity index (χ0n) is 10.7. The van der Waals surface area contributed by atoms with E-state index in [-0.39, 0.29) is 17.4 Å². The van der Waals surface area contributed by atoms with Crippen LogP contribution in [0, 0.1) is 6.57 Å². The quantitative estimate of drug-likeness (QED) is 0.622. The zero-order chi connectivity index (χ0) is 14.2. The monoisotopic (exact) mass is 296 g/mol. The van der Waals surface area contributed by atoms with E-state index >= 15 is 0 Å². The summed E-state index contributed by atoms with van der Waals surface area (Å²) in [5.74, 6) is -0.889. The van der Waals surface area contributed by atoms with Crippen LogP contribution >= 0.6 is 11.8 Å². The van der Waals surface area contributed by atoms with Crippen LogP contribution in [0.1, 0.15) is 13.8 Å². The minimum Gasteiger partial charge on any atom is -0.468 e. The van der Waals surface area contributed by atoms with Gasteiger partial charge in [-0.3, -0.25) is 4.79 Å². The molecule has 0 aromatic carbocycles. The smallest absolute Gasteiger partial charge is 0.315 e. The molecule has 0 heterocycles. The summed E-state index contributed by atoms with van der Waals surface area (Å²) in [6, 6.07) is 0. The van der Waals surface area contributed by atoms with Crippen LogP contribution in [0.5, 0.6) is 0 Å². The third-order valence-corrected chi connectivity index (χ3v) is 4.83. The third-order valence-electron chi connectivity index (χ3n) is 1.81. The molecule has 0 unspecified atom stereocenters. The van der Waals surface area contributed by atoms with Crippen molar-refractivity contribution >= 4 is 27.6 Å². The van der Waals surface area contributed by atoms with Crippen LogP contribution in [0.25, 0.3) is 4.85 Å². The lowest BCUT2D eigenvalue weighted by atomic mass is 10.1. The Morgan fingerprint density at radius 2 is 2.06 bits per heavy atom. The Hall–Kier alpha value is -0.780. The maximum absolute atomic E-state index is 11.6. The molecule has 0 saturated carbocycles. The minimum atomic E-state index is -3.39. The van der Waals surface area contributed by atoms with E-state index in [2.05, 4.69) is 9.58 Å². The number of carbonyl (C=O) groups is 1. The highest BCUT2D eigenvalue weighted by Crippen LogP contribution is 2.13. The van der Waals surface area contributed by atoms with Crippen molar-refractivity contribution in [2.75, 3.05) is 30.4 Å². The first-order chi connectivity index (χ1) is 8.22. The fourth-order valence-corrected chi connectivity index (χ4v) is 3.26. The van der Waals surface area contributed by atoms with Gasteiger partial charge >= 0.3 is 5.97 Å². The zero-order valence-corrected chi connectivity index (χ0v) is 12.3. The van der Waals surface area contributed by atoms with E-state index in [1.165, 1.54) is 7.11 Å². The Balaban J connectivity index is 4.10. The molecule has 0 aromatic heterocycles. The van der Waals surface area contributed by atoms with Gasteiger partial charge in [-0.05, 0) is 13.8 Å². The van der Waals surface area contributed by atoms with E-state index in [4.69, 9.17) is 11.3 Å². The van der Waals surface area contributed by atoms with E-state index in [1.54, 1.807) is 13.8 Å². The van der Waals surface area contributed by atoms with E-state index in [0.717, 1.165) is 11.8 Å². The molecular weight excluding hydrogens is 278 g/mol. The molecule has 0 spiro atoms. The number of hydrogen-bond donors (Lipinski definition) is 0. The van der Waals surface area contributed by atoms with Crippen LogP contribution in [-0.2, 0) is 24.1 Å². The molecule has 8 heteroatoms. The van der Waals surface area contributed by atoms with Gasteiger partial charge in [-0.25, -0.2) is 8.42 Å². The van der Waals surface area contributed by atoms with Crippen LogP contribution in [0.4, 0.5) is 0 Å². The normalized spacial score (nSPS) is 11.9. The van der Waals surface area contributed by atoms with Gasteiger partial charge in [0, 0.05) is 0 Å². The number of esters is 1. The van der Waals surface area contributed by atoms with E-state index in [1.807, 2.05) is 0 Å². The van der Waals surface area contributed by atoms with Crippen molar-refractivity contribution in [1.82, 2.24) is 0 Å². The fraction of sp³-hybridized carbons (Fsp3) is 0.800. The predicted molar refractivity (Wildman–Crippen MR) is 71.5 cm³/mol. The van der Waals surface area contributed by atoms with Crippen LogP contribution in [-0.4, -0.2) is 50.4 Å². The van der Waals surface area contributed by atoms with Crippen molar-refractivity contribution in [3.63, 3.8) is 0 Å². The average Bonchev–Trinajstić information content (AvgIpc) is 2.26. The van der Waals surface area contributed by atoms with Crippen molar-refractivity contribution in [3.05, 3.63) is 4.85 Å². The first-order valence-electron chi connectivity index (χ1n) is 5.08. The lowest BCUT2D eigenvalue weighted by Crippen LogP contribution is -2.30. The molecule has 0 aliphatic heterocycles. The number of hydrogen-bond acceptors (Lipinski definition) is 6. The molecular formula is C10H18NO5S2+. The van der Waals surface area contributed by atoms with Crippen molar-refractivity contribution < 1.29 is 22.7 Å². The summed E-state index contributed by atoms with van der Waals surface area (Å²) in [6.45, 7) is 8.62. The Morgan fingerprint density at radius 3 is 2.56 bits per heavy atom. The summed E-state index contributed by atoms with van der Waals surface area (Å²) < 4.78 is 32.8. The second-order valence-corrected chi connectivity index (χ2v) is 7.51. The Morgan fingerprint density at radius 1 is 1.44 bits per heavy atom. The summed E-state index contributed by atoms with van der Waals surface area (Å²) in [5, 5.41) is -0.196. The summed E-state index contributed by atoms with van der Waals surface area (Å²) in [7, 11) is -2.14. The molecule has 0 fully saturated rings. The standard InChI is InChI=1S/C10H18NO5S2/c1-10(2,6-11-3)16-7-18(13,14)8-17-5-9(12)15-4/h3H,5-8H2,1-2,4H3/q+1. The first kappa shape index (κ1) is 17.2. The SMILES string of the molecule is C#[N+]CC(C)(C)OCS(=O)(=O)CSCC(=O)OC. The van der Waals surface area contributed by atoms with Crippen LogP contribution < -0.4 is 0 Å². The van der Waals surface area contributed by atoms with Gasteiger partial charge in [0.2, 0.25) is 0 Å². The predicted octanol–water partition coefficient (Wildman–Crippen LogP) is 0.980. The van der Waals surface area contributed by atoms with Crippen LogP contribution in [0.15, 0.2) is 0 Å². The summed E-state index contributed by atoms with van der Waals surface area (Å²) in [6.07, 6.45) is 0. The third kappa shape index (κ3) is 8.33. The fourth-order valence-electron chi connectivity index (χ4n) is 0.860. The molecule has 0 atom stereocenters. The molecule has 104 valence electrons. The molecule has 18 heavy (non-hydrogen) atoms. The van der Waals surface area contributed by atoms with Crippen molar-refractivity contribution in [1.29, 1.82) is 0 Å². The number of carbonyl (C=O) groups excluding carboxylic acids is 1. The number of rotatable bonds is 8. The Kier molecular flexibility index (Phi) is 7.28. The molecule has 0 aliphatic rings. The van der Waals surface area contributed by atoms with Gasteiger partial charge in [-0.15, -0.1) is 11.8 Å². The number of thioether (sulfide) groups is 1. The number of methoxy groups -OCH3 is 1. The average molecular weight is 296 g/mol. The van der Waals surface area contributed by atoms with E-state index < -0.39 is 27.3 Å². The van der Waals surface area contributed by atoms with Crippen molar-refractivity contribution in [3.8, 4) is 6.57 Å². The number of ether oxygens (including phenoxy) is 2. The van der Waals surface area contributed by atoms with Gasteiger partial charge in [-0.2, -0.15) is 0 Å². The van der Waals surface area contributed by atoms with Gasteiger partial charge in [0.25, 0.3) is 13.1 Å². The van der Waals surface area contributed by atoms with Gasteiger partial charge in [-0.1, -0.05) is 4.85 Å². The second-order valence-electron chi connectivity index (χ2n) is 4.15. The molecule has 6 nitrogen and oxygen atoms in total. The minimum absolute atomic E-state index is 0.00272. The van der Waals surface area contributed by atoms with Crippen molar-refractivity contribution in [2.45, 2.75) is 19.4 Å². The lowest BCUT2D eigenvalue weighted by molar-refractivity contribution is -0.137. The molecule has 0 amide bonds. The molecule has 0 aliphatic carbocycles. The number of sulfone groups is 1. The van der Waals surface area contributed by atoms with Crippen LogP contribution in [0.3, 0.4) is 0 Å². The van der Waals surface area contributed by atoms with Gasteiger partial charge in [0.1, 0.15) is 11.5 Å². The highest BCUT2D eigenvalue weighted by molar-refractivity contribution is 8.12. The highest BCUT2D eigenvalue weighted by Gasteiger charge is 2.26. The van der Waals surface area contributed by atoms with E-state index in [9.17, 15) is 13.2 Å². The van der Waals surface area contributed by atoms with Gasteiger partial charge in [0.15, 0.2) is 9.84 Å². The summed E-state index contributed by atoms with van der Waals surface area (Å²) in [5.41, 5.74) is -0.727. The Bertz CT molecular complexity index is 410. The van der Waals surface area contributed by atoms with Gasteiger partial charge in [0.05, 0.1) is 17.9 Å². The summed E-state index contributed by atoms with van der Waals surface area (Å²) in [4.78, 5) is 14.2. The Labute approximate surface area is 112 Å². The largest absolute Gasteiger partial charge is 0.468 e. The molecule has 0 rings (SSSR count). The van der Waals surface area contributed by atoms with E-state index in [0.29, 0.717) is 0 Å². The summed E-state index contributed by atoms with van der Waals surface area (Å²) >= 11 is 0.966. The van der Waals surface area contributed by atoms with Crippen LogP contribution in [0.2, 0.25) is 0 Å². The molecule has 0 saturated heterocycles. The first-order valence-corrected chi connectivity index (χ1v) is 8.05. The highest BCUT2D eigenvalue weighted by atomic mass is 32.3. The maximum Gasteiger partial charge on any atom is 0.315 e. The van der Waals surface area contributed by atoms with Crippen molar-refractivity contribution in [2.24, 2.45) is 0 Å². The number of nitrogens with zero attached hydrogens (tertiary/aromatic N) is 1. The molecule has 0 N–H and O–H groups in total. The topological polar surface area (TPSA) is 74.0 Å².